The number of H-pyrrole nitrogens is 1. The Morgan fingerprint density at radius 1 is 1.67 bits per heavy atom. The van der Waals surface area contributed by atoms with Crippen LogP contribution < -0.4 is 5.32 Å². The first-order valence-corrected chi connectivity index (χ1v) is 5.58. The molecule has 0 aliphatic rings. The summed E-state index contributed by atoms with van der Waals surface area (Å²) in [6.45, 7) is 2.70. The molecule has 84 valence electrons. The van der Waals surface area contributed by atoms with Crippen LogP contribution in [0.15, 0.2) is 16.7 Å². The van der Waals surface area contributed by atoms with Gasteiger partial charge in [0.15, 0.2) is 0 Å². The molecule has 0 fully saturated rings. The van der Waals surface area contributed by atoms with Crippen molar-refractivity contribution >= 4 is 21.8 Å². The first-order valence-electron chi connectivity index (χ1n) is 4.79. The molecule has 1 unspecified atom stereocenters. The van der Waals surface area contributed by atoms with E-state index >= 15 is 0 Å². The third-order valence-corrected chi connectivity index (χ3v) is 2.79. The lowest BCUT2D eigenvalue weighted by Crippen LogP contribution is -2.38. The highest BCUT2D eigenvalue weighted by Crippen LogP contribution is 2.10. The molecule has 1 aromatic heterocycles. The molecule has 2 N–H and O–H groups in total. The molecule has 1 heterocycles. The number of hydrogen-bond donors (Lipinski definition) is 2. The predicted molar refractivity (Wildman–Crippen MR) is 64.0 cm³/mol. The Balaban J connectivity index is 2.43. The molecular weight excluding hydrogens is 258 g/mol. The van der Waals surface area contributed by atoms with Crippen LogP contribution in [0, 0.1) is 0 Å². The van der Waals surface area contributed by atoms with E-state index in [9.17, 15) is 4.79 Å². The zero-order valence-corrected chi connectivity index (χ0v) is 10.8. The summed E-state index contributed by atoms with van der Waals surface area (Å²) in [6, 6.07) is 2.09. The number of carbonyl (C=O) groups excluding carboxylic acids is 1. The lowest BCUT2D eigenvalue weighted by molar-refractivity contribution is 0.0939. The summed E-state index contributed by atoms with van der Waals surface area (Å²) in [6.07, 6.45) is 1.74. The van der Waals surface area contributed by atoms with Crippen molar-refractivity contribution in [2.45, 2.75) is 13.0 Å². The number of rotatable bonds is 4. The zero-order valence-electron chi connectivity index (χ0n) is 9.17. The normalized spacial score (nSPS) is 12.9. The average molecular weight is 274 g/mol. The Morgan fingerprint density at radius 3 is 2.80 bits per heavy atom. The summed E-state index contributed by atoms with van der Waals surface area (Å²) in [5.41, 5.74) is 0.577. The van der Waals surface area contributed by atoms with Gasteiger partial charge in [0.2, 0.25) is 0 Å². The number of amides is 1. The molecule has 1 rings (SSSR count). The molecule has 15 heavy (non-hydrogen) atoms. The molecule has 1 atom stereocenters. The minimum absolute atomic E-state index is 0.0746. The number of nitrogens with zero attached hydrogens (tertiary/aromatic N) is 1. The van der Waals surface area contributed by atoms with Gasteiger partial charge in [0.25, 0.3) is 5.91 Å². The van der Waals surface area contributed by atoms with Gasteiger partial charge in [-0.05, 0) is 43.0 Å². The molecular formula is C10H16BrN3O. The van der Waals surface area contributed by atoms with Crippen LogP contribution in [0.4, 0.5) is 0 Å². The second-order valence-corrected chi connectivity index (χ2v) is 4.67. The summed E-state index contributed by atoms with van der Waals surface area (Å²) in [5.74, 6) is -0.0746. The fourth-order valence-electron chi connectivity index (χ4n) is 1.02. The second kappa shape index (κ2) is 5.32. The Kier molecular flexibility index (Phi) is 4.35. The van der Waals surface area contributed by atoms with Crippen molar-refractivity contribution in [3.63, 3.8) is 0 Å². The standard InChI is InChI=1S/C10H16BrN3O/c1-7(14(2)3)5-13-10(15)9-4-8(11)6-12-9/h4,6-7,12H,5H2,1-3H3,(H,13,15). The molecule has 0 aromatic carbocycles. The van der Waals surface area contributed by atoms with E-state index < -0.39 is 0 Å². The number of hydrogen-bond acceptors (Lipinski definition) is 2. The van der Waals surface area contributed by atoms with Gasteiger partial charge in [-0.1, -0.05) is 0 Å². The largest absolute Gasteiger partial charge is 0.356 e. The third-order valence-electron chi connectivity index (χ3n) is 2.33. The van der Waals surface area contributed by atoms with Gasteiger partial charge in [0.1, 0.15) is 5.69 Å². The van der Waals surface area contributed by atoms with Gasteiger partial charge in [0, 0.05) is 23.3 Å². The summed E-state index contributed by atoms with van der Waals surface area (Å²) in [5, 5.41) is 2.86. The predicted octanol–water partition coefficient (Wildman–Crippen LogP) is 1.46. The van der Waals surface area contributed by atoms with E-state index in [-0.39, 0.29) is 5.91 Å². The second-order valence-electron chi connectivity index (χ2n) is 3.75. The van der Waals surface area contributed by atoms with Crippen LogP contribution in [0.3, 0.4) is 0 Å². The van der Waals surface area contributed by atoms with Crippen molar-refractivity contribution in [1.29, 1.82) is 0 Å². The molecule has 0 saturated heterocycles. The van der Waals surface area contributed by atoms with Crippen LogP contribution in [-0.4, -0.2) is 42.5 Å². The van der Waals surface area contributed by atoms with Gasteiger partial charge in [-0.2, -0.15) is 0 Å². The Morgan fingerprint density at radius 2 is 2.33 bits per heavy atom. The van der Waals surface area contributed by atoms with Crippen molar-refractivity contribution < 1.29 is 4.79 Å². The smallest absolute Gasteiger partial charge is 0.267 e. The molecule has 0 aliphatic carbocycles. The summed E-state index contributed by atoms with van der Waals surface area (Å²) < 4.78 is 0.883. The Bertz CT molecular complexity index is 335. The van der Waals surface area contributed by atoms with Crippen molar-refractivity contribution in [3.8, 4) is 0 Å². The third kappa shape index (κ3) is 3.68. The number of aromatic amines is 1. The Hall–Kier alpha value is -0.810. The zero-order chi connectivity index (χ0) is 11.4. The highest BCUT2D eigenvalue weighted by atomic mass is 79.9. The number of halogens is 1. The van der Waals surface area contributed by atoms with Crippen LogP contribution in [-0.2, 0) is 0 Å². The molecule has 1 aromatic rings. The van der Waals surface area contributed by atoms with Crippen LogP contribution >= 0.6 is 15.9 Å². The molecule has 0 bridgehead atoms. The van der Waals surface area contributed by atoms with Crippen molar-refractivity contribution in [3.05, 3.63) is 22.4 Å². The summed E-state index contributed by atoms with van der Waals surface area (Å²) in [7, 11) is 3.98. The fraction of sp³-hybridized carbons (Fsp3) is 0.500. The van der Waals surface area contributed by atoms with Gasteiger partial charge in [-0.25, -0.2) is 0 Å². The van der Waals surface area contributed by atoms with Crippen LogP contribution in [0.1, 0.15) is 17.4 Å². The topological polar surface area (TPSA) is 48.1 Å². The van der Waals surface area contributed by atoms with Crippen molar-refractivity contribution in [2.24, 2.45) is 0 Å². The van der Waals surface area contributed by atoms with Gasteiger partial charge in [-0.3, -0.25) is 4.79 Å². The minimum Gasteiger partial charge on any atom is -0.356 e. The van der Waals surface area contributed by atoms with Crippen LogP contribution in [0.2, 0.25) is 0 Å². The van der Waals surface area contributed by atoms with Gasteiger partial charge >= 0.3 is 0 Å². The van der Waals surface area contributed by atoms with Gasteiger partial charge in [-0.15, -0.1) is 0 Å². The van der Waals surface area contributed by atoms with Gasteiger partial charge < -0.3 is 15.2 Å². The fourth-order valence-corrected chi connectivity index (χ4v) is 1.36. The molecule has 5 heteroatoms. The van der Waals surface area contributed by atoms with Crippen LogP contribution in [0.5, 0.6) is 0 Å². The summed E-state index contributed by atoms with van der Waals surface area (Å²) >= 11 is 3.28. The number of carbonyl (C=O) groups is 1. The highest BCUT2D eigenvalue weighted by Gasteiger charge is 2.10. The molecule has 1 amide bonds. The minimum atomic E-state index is -0.0746. The SMILES string of the molecule is CC(CNC(=O)c1cc(Br)c[nH]1)N(C)C. The van der Waals surface area contributed by atoms with Gasteiger partial charge in [0.05, 0.1) is 0 Å². The molecule has 0 spiro atoms. The maximum absolute atomic E-state index is 11.6. The quantitative estimate of drug-likeness (QED) is 0.873. The molecule has 0 radical (unpaired) electrons. The first-order chi connectivity index (χ1) is 7.00. The maximum atomic E-state index is 11.6. The Labute approximate surface area is 98.2 Å². The number of nitrogens with one attached hydrogen (secondary N) is 2. The molecule has 4 nitrogen and oxygen atoms in total. The number of likely N-dealkylation sites (N-methyl/N-ethyl adjacent to an activating group) is 1. The van der Waals surface area contributed by atoms with Crippen LogP contribution in [0.25, 0.3) is 0 Å². The lowest BCUT2D eigenvalue weighted by Gasteiger charge is -2.19. The molecule has 0 aliphatic heterocycles. The van der Waals surface area contributed by atoms with E-state index in [4.69, 9.17) is 0 Å². The lowest BCUT2D eigenvalue weighted by atomic mass is 10.3. The van der Waals surface area contributed by atoms with Crippen molar-refractivity contribution in [2.75, 3.05) is 20.6 Å². The highest BCUT2D eigenvalue weighted by molar-refractivity contribution is 9.10. The van der Waals surface area contributed by atoms with E-state index in [1.165, 1.54) is 0 Å². The monoisotopic (exact) mass is 273 g/mol. The van der Waals surface area contributed by atoms with E-state index in [0.717, 1.165) is 4.47 Å². The number of aromatic nitrogens is 1. The summed E-state index contributed by atoms with van der Waals surface area (Å²) in [4.78, 5) is 16.5. The first kappa shape index (κ1) is 12.3. The van der Waals surface area contributed by atoms with E-state index in [1.54, 1.807) is 12.3 Å². The average Bonchev–Trinajstić information content (AvgIpc) is 2.60. The van der Waals surface area contributed by atoms with Crippen molar-refractivity contribution in [1.82, 2.24) is 15.2 Å². The van der Waals surface area contributed by atoms with E-state index in [2.05, 4.69) is 38.1 Å². The maximum Gasteiger partial charge on any atom is 0.267 e. The van der Waals surface area contributed by atoms with E-state index in [1.807, 2.05) is 14.1 Å². The molecule has 0 saturated carbocycles. The van der Waals surface area contributed by atoms with E-state index in [0.29, 0.717) is 18.3 Å².